The molecule has 0 saturated carbocycles. The molecule has 11 aromatic carbocycles. The van der Waals surface area contributed by atoms with Crippen LogP contribution in [0.2, 0.25) is 0 Å². The number of aryl methyl sites for hydroxylation is 4. The van der Waals surface area contributed by atoms with E-state index in [0.29, 0.717) is 5.82 Å². The molecule has 0 bridgehead atoms. The van der Waals surface area contributed by atoms with Crippen LogP contribution in [0.3, 0.4) is 0 Å². The minimum atomic E-state index is 0.613. The molecule has 7 heteroatoms. The fraction of sp³-hybridized carbons (Fsp3) is 0.0506. The molecule has 406 valence electrons. The van der Waals surface area contributed by atoms with Crippen LogP contribution in [0.4, 0.5) is 0 Å². The molecule has 86 heavy (non-hydrogen) atoms. The molecule has 6 aromatic heterocycles. The van der Waals surface area contributed by atoms with Crippen molar-refractivity contribution in [3.8, 4) is 67.9 Å². The van der Waals surface area contributed by atoms with Gasteiger partial charge in [0.05, 0.1) is 84.0 Å². The molecule has 17 rings (SSSR count). The van der Waals surface area contributed by atoms with E-state index in [9.17, 15) is 0 Å². The SMILES string of the molecule is Cc1ccc2c(c1)c1ccccc1n2-c1c(-c2ccccn2)c(-c2cc(-c3ccccc3)nc(-c3ccccc3)n2)c(-n2c3ccccc3c3cc(C)ccc32)c(-n2c3ccccc3c3cc(C)ccc32)c1-n1c2ccccc2c2cc(C)ccc21. The summed E-state index contributed by atoms with van der Waals surface area (Å²) in [6.07, 6.45) is 1.94. The van der Waals surface area contributed by atoms with Crippen molar-refractivity contribution in [2.24, 2.45) is 0 Å². The average Bonchev–Trinajstić information content (AvgIpc) is 1.41. The average molecular weight is 1100 g/mol. The summed E-state index contributed by atoms with van der Waals surface area (Å²) in [5.41, 5.74) is 23.2. The van der Waals surface area contributed by atoms with E-state index in [2.05, 4.69) is 295 Å². The van der Waals surface area contributed by atoms with Crippen molar-refractivity contribution in [1.82, 2.24) is 33.2 Å². The summed E-state index contributed by atoms with van der Waals surface area (Å²) in [4.78, 5) is 17.1. The highest BCUT2D eigenvalue weighted by Gasteiger charge is 2.37. The first-order valence-corrected chi connectivity index (χ1v) is 29.5. The summed E-state index contributed by atoms with van der Waals surface area (Å²) in [6.45, 7) is 8.80. The second kappa shape index (κ2) is 19.2. The number of benzene rings is 11. The molecule has 0 fully saturated rings. The van der Waals surface area contributed by atoms with Gasteiger partial charge in [-0.3, -0.25) is 4.98 Å². The Balaban J connectivity index is 1.26. The second-order valence-corrected chi connectivity index (χ2v) is 23.0. The maximum Gasteiger partial charge on any atom is 0.160 e. The first kappa shape index (κ1) is 49.5. The number of aromatic nitrogens is 7. The van der Waals surface area contributed by atoms with E-state index in [-0.39, 0.29) is 0 Å². The molecule has 7 nitrogen and oxygen atoms in total. The molecule has 0 aliphatic rings. The largest absolute Gasteiger partial charge is 0.306 e. The summed E-state index contributed by atoms with van der Waals surface area (Å²) in [6, 6.07) is 93.2. The van der Waals surface area contributed by atoms with Crippen molar-refractivity contribution in [3.63, 3.8) is 0 Å². The molecular formula is C79H55N7. The van der Waals surface area contributed by atoms with Crippen LogP contribution in [-0.2, 0) is 0 Å². The molecule has 6 heterocycles. The van der Waals surface area contributed by atoms with E-state index in [0.717, 1.165) is 144 Å². The lowest BCUT2D eigenvalue weighted by Gasteiger charge is -2.31. The third-order valence-corrected chi connectivity index (χ3v) is 17.6. The van der Waals surface area contributed by atoms with E-state index < -0.39 is 0 Å². The number of rotatable bonds is 8. The van der Waals surface area contributed by atoms with Crippen molar-refractivity contribution < 1.29 is 0 Å². The smallest absolute Gasteiger partial charge is 0.160 e. The van der Waals surface area contributed by atoms with Gasteiger partial charge in [-0.05, 0) is 119 Å². The Labute approximate surface area is 496 Å². The molecular weight excluding hydrogens is 1050 g/mol. The molecule has 0 radical (unpaired) electrons. The number of hydrogen-bond donors (Lipinski definition) is 0. The summed E-state index contributed by atoms with van der Waals surface area (Å²) in [5, 5.41) is 9.26. The Morgan fingerprint density at radius 3 is 0.965 bits per heavy atom. The van der Waals surface area contributed by atoms with Gasteiger partial charge in [0.15, 0.2) is 5.82 Å². The lowest BCUT2D eigenvalue weighted by Crippen LogP contribution is -2.17. The minimum absolute atomic E-state index is 0.613. The second-order valence-electron chi connectivity index (χ2n) is 23.0. The van der Waals surface area contributed by atoms with Crippen molar-refractivity contribution >= 4 is 87.2 Å². The predicted molar refractivity (Wildman–Crippen MR) is 358 cm³/mol. The fourth-order valence-corrected chi connectivity index (χ4v) is 13.9. The monoisotopic (exact) mass is 1100 g/mol. The van der Waals surface area contributed by atoms with Crippen LogP contribution < -0.4 is 0 Å². The fourth-order valence-electron chi connectivity index (χ4n) is 13.9. The number of hydrogen-bond acceptors (Lipinski definition) is 3. The van der Waals surface area contributed by atoms with E-state index in [4.69, 9.17) is 15.0 Å². The van der Waals surface area contributed by atoms with Gasteiger partial charge in [0.2, 0.25) is 0 Å². The topological polar surface area (TPSA) is 58.4 Å². The van der Waals surface area contributed by atoms with Crippen molar-refractivity contribution in [2.75, 3.05) is 0 Å². The zero-order chi connectivity index (χ0) is 57.3. The number of para-hydroxylation sites is 4. The zero-order valence-electron chi connectivity index (χ0n) is 48.0. The van der Waals surface area contributed by atoms with E-state index in [1.165, 1.54) is 27.6 Å². The molecule has 0 N–H and O–H groups in total. The third kappa shape index (κ3) is 7.44. The van der Waals surface area contributed by atoms with Crippen LogP contribution in [0.15, 0.2) is 261 Å². The Hall–Kier alpha value is -11.2. The molecule has 0 unspecified atom stereocenters. The van der Waals surface area contributed by atoms with E-state index >= 15 is 0 Å². The quantitative estimate of drug-likeness (QED) is 0.152. The predicted octanol–water partition coefficient (Wildman–Crippen LogP) is 20.2. The van der Waals surface area contributed by atoms with Gasteiger partial charge in [-0.15, -0.1) is 0 Å². The molecule has 0 spiro atoms. The maximum absolute atomic E-state index is 5.97. The normalized spacial score (nSPS) is 12.0. The lowest BCUT2D eigenvalue weighted by molar-refractivity contribution is 1.02. The van der Waals surface area contributed by atoms with Crippen molar-refractivity contribution in [3.05, 3.63) is 283 Å². The summed E-state index contributed by atoms with van der Waals surface area (Å²) < 4.78 is 10.3. The van der Waals surface area contributed by atoms with Gasteiger partial charge in [0.25, 0.3) is 0 Å². The van der Waals surface area contributed by atoms with Gasteiger partial charge >= 0.3 is 0 Å². The van der Waals surface area contributed by atoms with Crippen molar-refractivity contribution in [2.45, 2.75) is 27.7 Å². The Morgan fingerprint density at radius 2 is 0.570 bits per heavy atom. The van der Waals surface area contributed by atoms with Gasteiger partial charge in [-0.1, -0.05) is 186 Å². The molecule has 0 atom stereocenters. The molecule has 0 amide bonds. The molecule has 0 aliphatic carbocycles. The van der Waals surface area contributed by atoms with Crippen molar-refractivity contribution in [1.29, 1.82) is 0 Å². The van der Waals surface area contributed by atoms with Gasteiger partial charge in [-0.2, -0.15) is 0 Å². The van der Waals surface area contributed by atoms with Gasteiger partial charge in [0, 0.05) is 71.5 Å². The van der Waals surface area contributed by atoms with Gasteiger partial charge in [-0.25, -0.2) is 9.97 Å². The van der Waals surface area contributed by atoms with Crippen LogP contribution in [-0.4, -0.2) is 33.2 Å². The van der Waals surface area contributed by atoms with Crippen LogP contribution >= 0.6 is 0 Å². The Bertz CT molecular complexity index is 5570. The van der Waals surface area contributed by atoms with Gasteiger partial charge in [0.1, 0.15) is 0 Å². The highest BCUT2D eigenvalue weighted by atomic mass is 15.1. The highest BCUT2D eigenvalue weighted by Crippen LogP contribution is 2.54. The molecule has 0 aliphatic heterocycles. The van der Waals surface area contributed by atoms with Crippen LogP contribution in [0.1, 0.15) is 22.3 Å². The Kier molecular flexibility index (Phi) is 11.0. The summed E-state index contributed by atoms with van der Waals surface area (Å²) in [5.74, 6) is 0.613. The first-order valence-electron chi connectivity index (χ1n) is 29.5. The zero-order valence-corrected chi connectivity index (χ0v) is 48.0. The van der Waals surface area contributed by atoms with Crippen LogP contribution in [0.5, 0.6) is 0 Å². The summed E-state index contributed by atoms with van der Waals surface area (Å²) in [7, 11) is 0. The van der Waals surface area contributed by atoms with E-state index in [1.54, 1.807) is 0 Å². The minimum Gasteiger partial charge on any atom is -0.306 e. The number of fused-ring (bicyclic) bond motifs is 12. The maximum atomic E-state index is 5.97. The molecule has 17 aromatic rings. The van der Waals surface area contributed by atoms with Gasteiger partial charge < -0.3 is 18.3 Å². The lowest BCUT2D eigenvalue weighted by atomic mass is 9.91. The van der Waals surface area contributed by atoms with E-state index in [1.807, 2.05) is 12.3 Å². The number of nitrogens with zero attached hydrogens (tertiary/aromatic N) is 7. The van der Waals surface area contributed by atoms with Crippen LogP contribution in [0.25, 0.3) is 155 Å². The standard InChI is InChI=1S/C79H55N7/c1-48-34-38-69-58(43-48)54-25-11-15-30-65(54)83(69)75-73(62-29-19-20-42-80-62)74(64-47-63(52-21-7-5-8-22-52)81-79(82-64)53-23-9-6-10-24-53)76(84-66-31-16-12-26-55(66)59-44-49(2)35-39-70(59)84)78(86-68-33-18-14-28-57(68)61-46-51(4)37-41-72(61)86)77(75)85-67-32-17-13-27-56(67)60-45-50(3)36-40-71(60)85/h5-47H,1-4H3. The number of pyridine rings is 1. The third-order valence-electron chi connectivity index (χ3n) is 17.6. The van der Waals surface area contributed by atoms with Crippen LogP contribution in [0, 0.1) is 27.7 Å². The molecule has 0 saturated heterocycles. The summed E-state index contributed by atoms with van der Waals surface area (Å²) >= 11 is 0. The Morgan fingerprint density at radius 1 is 0.244 bits per heavy atom. The highest BCUT2D eigenvalue weighted by molar-refractivity contribution is 6.18. The first-order chi connectivity index (χ1) is 42.3.